The first-order valence-electron chi connectivity index (χ1n) is 5.10. The monoisotopic (exact) mass is 257 g/mol. The third-order valence-corrected chi connectivity index (χ3v) is 3.10. The summed E-state index contributed by atoms with van der Waals surface area (Å²) in [4.78, 5) is 3.83. The summed E-state index contributed by atoms with van der Waals surface area (Å²) < 4.78 is 23.4. The van der Waals surface area contributed by atoms with Crippen molar-refractivity contribution in [1.29, 1.82) is 0 Å². The van der Waals surface area contributed by atoms with E-state index in [1.54, 1.807) is 6.07 Å². The van der Waals surface area contributed by atoms with E-state index < -0.39 is 15.4 Å². The second kappa shape index (κ2) is 4.44. The minimum absolute atomic E-state index is 0.0231. The van der Waals surface area contributed by atoms with Gasteiger partial charge in [-0.15, -0.1) is 0 Å². The molecule has 0 saturated carbocycles. The summed E-state index contributed by atoms with van der Waals surface area (Å²) in [5, 5.41) is 9.72. The zero-order valence-corrected chi connectivity index (χ0v) is 11.2. The predicted molar refractivity (Wildman–Crippen MR) is 64.3 cm³/mol. The van der Waals surface area contributed by atoms with Crippen LogP contribution in [0.5, 0.6) is 0 Å². The van der Waals surface area contributed by atoms with Crippen molar-refractivity contribution < 1.29 is 18.4 Å². The largest absolute Gasteiger partial charge is 0.290 e. The van der Waals surface area contributed by atoms with Crippen molar-refractivity contribution >= 4 is 16.1 Å². The molecular formula is C11H17N2O3S+. The maximum absolute atomic E-state index is 11.2. The first-order chi connectivity index (χ1) is 7.60. The van der Waals surface area contributed by atoms with Crippen molar-refractivity contribution in [2.45, 2.75) is 31.3 Å². The van der Waals surface area contributed by atoms with E-state index in [9.17, 15) is 13.6 Å². The van der Waals surface area contributed by atoms with Crippen molar-refractivity contribution in [2.75, 3.05) is 6.26 Å². The minimum Gasteiger partial charge on any atom is -0.290 e. The molecule has 5 nitrogen and oxygen atoms in total. The molecule has 0 aliphatic rings. The van der Waals surface area contributed by atoms with Gasteiger partial charge in [0.05, 0.1) is 5.56 Å². The fourth-order valence-electron chi connectivity index (χ4n) is 1.02. The lowest BCUT2D eigenvalue weighted by molar-refractivity contribution is -0.816. The summed E-state index contributed by atoms with van der Waals surface area (Å²) >= 11 is 0. The average Bonchev–Trinajstić information content (AvgIpc) is 2.15. The summed E-state index contributed by atoms with van der Waals surface area (Å²) in [5.41, 5.74) is 0.213. The Morgan fingerprint density at radius 3 is 2.29 bits per heavy atom. The minimum atomic E-state index is -3.28. The van der Waals surface area contributed by atoms with Gasteiger partial charge in [-0.25, -0.2) is 13.4 Å². The molecule has 0 saturated heterocycles. The Bertz CT molecular complexity index is 525. The zero-order valence-electron chi connectivity index (χ0n) is 10.4. The standard InChI is InChI=1S/C11H17N2O3S/c1-11(2,3)13(14)8-9-5-6-10(12-7-9)17(4,15)16/h5-8,14H,1-4H3/q+1. The molecule has 17 heavy (non-hydrogen) atoms. The molecule has 0 amide bonds. The molecule has 6 heteroatoms. The smallest absolute Gasteiger partial charge is 0.224 e. The fraction of sp³-hybridized carbons (Fsp3) is 0.455. The maximum Gasteiger partial charge on any atom is 0.224 e. The fourth-order valence-corrected chi connectivity index (χ4v) is 1.58. The van der Waals surface area contributed by atoms with E-state index >= 15 is 0 Å². The number of hydrogen-bond acceptors (Lipinski definition) is 4. The topological polar surface area (TPSA) is 70.3 Å². The maximum atomic E-state index is 11.2. The average molecular weight is 257 g/mol. The molecule has 0 bridgehead atoms. The number of hydroxylamine groups is 1. The number of rotatable bonds is 2. The normalized spacial score (nSPS) is 13.8. The Labute approximate surface area is 101 Å². The molecule has 1 aromatic rings. The molecule has 1 aromatic heterocycles. The molecule has 0 unspecified atom stereocenters. The molecule has 0 aromatic carbocycles. The molecule has 0 aliphatic carbocycles. The summed E-state index contributed by atoms with van der Waals surface area (Å²) in [7, 11) is -3.28. The van der Waals surface area contributed by atoms with E-state index in [0.717, 1.165) is 11.0 Å². The van der Waals surface area contributed by atoms with Crippen LogP contribution in [0.1, 0.15) is 26.3 Å². The van der Waals surface area contributed by atoms with Crippen molar-refractivity contribution in [2.24, 2.45) is 0 Å². The van der Waals surface area contributed by atoms with Crippen molar-refractivity contribution in [3.05, 3.63) is 23.9 Å². The number of nitrogens with zero attached hydrogens (tertiary/aromatic N) is 2. The number of pyridine rings is 1. The first-order valence-corrected chi connectivity index (χ1v) is 6.99. The second-order valence-electron chi connectivity index (χ2n) is 4.85. The molecule has 0 aliphatic heterocycles. The SMILES string of the molecule is CC(C)(C)/[N+](O)=C/c1ccc(S(C)(=O)=O)nc1. The zero-order chi connectivity index (χ0) is 13.3. The highest BCUT2D eigenvalue weighted by Gasteiger charge is 2.24. The van der Waals surface area contributed by atoms with Gasteiger partial charge in [-0.1, -0.05) is 0 Å². The molecule has 1 rings (SSSR count). The van der Waals surface area contributed by atoms with Gasteiger partial charge in [0.25, 0.3) is 0 Å². The summed E-state index contributed by atoms with van der Waals surface area (Å²) in [6.07, 6.45) is 4.01. The van der Waals surface area contributed by atoms with Crippen molar-refractivity contribution in [3.63, 3.8) is 0 Å². The van der Waals surface area contributed by atoms with Crippen LogP contribution >= 0.6 is 0 Å². The Balaban J connectivity index is 3.06. The van der Waals surface area contributed by atoms with E-state index in [1.807, 2.05) is 20.8 Å². The molecule has 1 N–H and O–H groups in total. The van der Waals surface area contributed by atoms with Crippen LogP contribution < -0.4 is 0 Å². The van der Waals surface area contributed by atoms with Gasteiger partial charge in [-0.2, -0.15) is 0 Å². The van der Waals surface area contributed by atoms with Crippen molar-refractivity contribution in [3.8, 4) is 0 Å². The summed E-state index contributed by atoms with van der Waals surface area (Å²) in [6.45, 7) is 5.55. The molecule has 94 valence electrons. The first kappa shape index (κ1) is 13.6. The van der Waals surface area contributed by atoms with Crippen molar-refractivity contribution in [1.82, 2.24) is 4.98 Å². The highest BCUT2D eigenvalue weighted by atomic mass is 32.2. The number of aromatic nitrogens is 1. The van der Waals surface area contributed by atoms with Crippen LogP contribution in [-0.2, 0) is 9.84 Å². The van der Waals surface area contributed by atoms with E-state index in [-0.39, 0.29) is 5.03 Å². The van der Waals surface area contributed by atoms with Gasteiger partial charge in [-0.05, 0) is 16.9 Å². The molecule has 0 fully saturated rings. The van der Waals surface area contributed by atoms with Gasteiger partial charge in [0.1, 0.15) is 0 Å². The van der Waals surface area contributed by atoms with Gasteiger partial charge in [-0.3, -0.25) is 5.21 Å². The van der Waals surface area contributed by atoms with E-state index in [0.29, 0.717) is 5.56 Å². The lowest BCUT2D eigenvalue weighted by Crippen LogP contribution is -2.31. The molecule has 1 heterocycles. The van der Waals surface area contributed by atoms with Crippen LogP contribution in [0.3, 0.4) is 0 Å². The summed E-state index contributed by atoms with van der Waals surface area (Å²) in [6, 6.07) is 3.01. The molecule has 0 radical (unpaired) electrons. The van der Waals surface area contributed by atoms with E-state index in [2.05, 4.69) is 4.98 Å². The van der Waals surface area contributed by atoms with Gasteiger partial charge < -0.3 is 0 Å². The van der Waals surface area contributed by atoms with Gasteiger partial charge in [0.15, 0.2) is 14.9 Å². The van der Waals surface area contributed by atoms with E-state index in [4.69, 9.17) is 0 Å². The van der Waals surface area contributed by atoms with Crippen LogP contribution in [0.25, 0.3) is 0 Å². The lowest BCUT2D eigenvalue weighted by atomic mass is 10.1. The predicted octanol–water partition coefficient (Wildman–Crippen LogP) is 1.10. The van der Waals surface area contributed by atoms with Gasteiger partial charge in [0, 0.05) is 33.2 Å². The van der Waals surface area contributed by atoms with Gasteiger partial charge in [0.2, 0.25) is 11.8 Å². The quantitative estimate of drug-likeness (QED) is 0.373. The van der Waals surface area contributed by atoms with Crippen LogP contribution in [0.2, 0.25) is 0 Å². The third-order valence-electron chi connectivity index (χ3n) is 2.10. The highest BCUT2D eigenvalue weighted by Crippen LogP contribution is 2.07. The third kappa shape index (κ3) is 3.81. The lowest BCUT2D eigenvalue weighted by Gasteiger charge is -2.09. The summed E-state index contributed by atoms with van der Waals surface area (Å²) in [5.74, 6) is 0. The number of hydrogen-bond donors (Lipinski definition) is 1. The number of sulfone groups is 1. The van der Waals surface area contributed by atoms with Crippen LogP contribution in [0, 0.1) is 0 Å². The Morgan fingerprint density at radius 2 is 1.94 bits per heavy atom. The van der Waals surface area contributed by atoms with Crippen LogP contribution in [-0.4, -0.2) is 41.4 Å². The second-order valence-corrected chi connectivity index (χ2v) is 6.81. The Kier molecular flexibility index (Phi) is 3.56. The molecule has 0 spiro atoms. The Hall–Kier alpha value is -1.43. The molecular weight excluding hydrogens is 240 g/mol. The van der Waals surface area contributed by atoms with E-state index in [1.165, 1.54) is 18.5 Å². The molecule has 0 atom stereocenters. The van der Waals surface area contributed by atoms with Crippen LogP contribution in [0.15, 0.2) is 23.4 Å². The highest BCUT2D eigenvalue weighted by molar-refractivity contribution is 7.90. The van der Waals surface area contributed by atoms with Gasteiger partial charge >= 0.3 is 0 Å². The van der Waals surface area contributed by atoms with Crippen LogP contribution in [0.4, 0.5) is 0 Å². The Morgan fingerprint density at radius 1 is 1.35 bits per heavy atom.